The van der Waals surface area contributed by atoms with Gasteiger partial charge in [0.25, 0.3) is 0 Å². The van der Waals surface area contributed by atoms with E-state index in [1.807, 2.05) is 36.1 Å². The van der Waals surface area contributed by atoms with E-state index in [1.165, 1.54) is 5.56 Å². The van der Waals surface area contributed by atoms with E-state index in [2.05, 4.69) is 0 Å². The van der Waals surface area contributed by atoms with Crippen LogP contribution in [-0.4, -0.2) is 61.0 Å². The smallest absolute Gasteiger partial charge is 0.229 e. The van der Waals surface area contributed by atoms with Crippen molar-refractivity contribution in [1.82, 2.24) is 9.80 Å². The van der Waals surface area contributed by atoms with Crippen LogP contribution < -0.4 is 0 Å². The fourth-order valence-corrected chi connectivity index (χ4v) is 3.59. The Morgan fingerprint density at radius 2 is 1.96 bits per heavy atom. The zero-order valence-corrected chi connectivity index (χ0v) is 14.0. The second-order valence-electron chi connectivity index (χ2n) is 6.74. The molecule has 0 saturated carbocycles. The lowest BCUT2D eigenvalue weighted by Crippen LogP contribution is -2.38. The van der Waals surface area contributed by atoms with Gasteiger partial charge in [-0.3, -0.25) is 9.59 Å². The fraction of sp³-hybridized carbons (Fsp3) is 0.556. The van der Waals surface area contributed by atoms with Gasteiger partial charge in [-0.2, -0.15) is 0 Å². The van der Waals surface area contributed by atoms with Crippen molar-refractivity contribution in [2.24, 2.45) is 5.92 Å². The Kier molecular flexibility index (Phi) is 4.39. The Balaban J connectivity index is 1.73. The molecule has 2 heterocycles. The molecule has 1 aromatic carbocycles. The van der Waals surface area contributed by atoms with Gasteiger partial charge in [0.1, 0.15) is 0 Å². The van der Waals surface area contributed by atoms with E-state index in [4.69, 9.17) is 4.74 Å². The number of amides is 2. The molecule has 0 N–H and O–H groups in total. The van der Waals surface area contributed by atoms with E-state index in [1.54, 1.807) is 19.0 Å². The minimum atomic E-state index is -0.237. The third-order valence-corrected chi connectivity index (χ3v) is 4.85. The quantitative estimate of drug-likeness (QED) is 0.843. The minimum Gasteiger partial charge on any atom is -0.375 e. The molecular formula is C18H24N2O3. The van der Waals surface area contributed by atoms with Crippen LogP contribution in [0, 0.1) is 12.8 Å². The average Bonchev–Trinajstić information content (AvgIpc) is 3.10. The van der Waals surface area contributed by atoms with Crippen molar-refractivity contribution < 1.29 is 14.3 Å². The Morgan fingerprint density at radius 3 is 2.61 bits per heavy atom. The van der Waals surface area contributed by atoms with Crippen molar-refractivity contribution in [1.29, 1.82) is 0 Å². The Bertz CT molecular complexity index is 597. The summed E-state index contributed by atoms with van der Waals surface area (Å²) < 4.78 is 5.77. The summed E-state index contributed by atoms with van der Waals surface area (Å²) in [6.45, 7) is 3.13. The van der Waals surface area contributed by atoms with Crippen LogP contribution in [0.15, 0.2) is 24.3 Å². The van der Waals surface area contributed by atoms with Crippen molar-refractivity contribution in [3.05, 3.63) is 35.4 Å². The van der Waals surface area contributed by atoms with Crippen molar-refractivity contribution in [2.75, 3.05) is 27.2 Å². The van der Waals surface area contributed by atoms with E-state index >= 15 is 0 Å². The molecule has 2 aliphatic rings. The summed E-state index contributed by atoms with van der Waals surface area (Å²) in [5.74, 6) is -0.101. The van der Waals surface area contributed by atoms with Gasteiger partial charge in [0, 0.05) is 27.2 Å². The molecule has 0 aromatic heterocycles. The average molecular weight is 316 g/mol. The molecule has 2 saturated heterocycles. The highest BCUT2D eigenvalue weighted by Gasteiger charge is 2.50. The number of carbonyl (C=O) groups excluding carboxylic acids is 2. The van der Waals surface area contributed by atoms with Crippen molar-refractivity contribution in [3.8, 4) is 0 Å². The largest absolute Gasteiger partial charge is 0.375 e. The summed E-state index contributed by atoms with van der Waals surface area (Å²) in [6.07, 6.45) is 1.06. The molecule has 124 valence electrons. The number of carbonyl (C=O) groups is 2. The molecule has 5 heteroatoms. The first-order valence-corrected chi connectivity index (χ1v) is 8.15. The molecule has 23 heavy (non-hydrogen) atoms. The summed E-state index contributed by atoms with van der Waals surface area (Å²) in [5, 5.41) is 0. The second-order valence-corrected chi connectivity index (χ2v) is 6.74. The molecule has 2 aliphatic heterocycles. The molecule has 0 aliphatic carbocycles. The van der Waals surface area contributed by atoms with Crippen LogP contribution in [-0.2, 0) is 20.7 Å². The number of nitrogens with zero attached hydrogens (tertiary/aromatic N) is 2. The molecule has 3 atom stereocenters. The summed E-state index contributed by atoms with van der Waals surface area (Å²) in [7, 11) is 3.51. The highest BCUT2D eigenvalue weighted by atomic mass is 16.5. The van der Waals surface area contributed by atoms with Gasteiger partial charge in [-0.15, -0.1) is 0 Å². The monoisotopic (exact) mass is 316 g/mol. The summed E-state index contributed by atoms with van der Waals surface area (Å²) in [5.41, 5.74) is 2.20. The number of aryl methyl sites for hydroxylation is 1. The summed E-state index contributed by atoms with van der Waals surface area (Å²) >= 11 is 0. The maximum atomic E-state index is 12.7. The fourth-order valence-electron chi connectivity index (χ4n) is 3.59. The summed E-state index contributed by atoms with van der Waals surface area (Å²) in [4.78, 5) is 28.5. The highest BCUT2D eigenvalue weighted by Crippen LogP contribution is 2.34. The maximum Gasteiger partial charge on any atom is 0.229 e. The molecule has 2 fully saturated rings. The van der Waals surface area contributed by atoms with Gasteiger partial charge in [0.2, 0.25) is 11.8 Å². The lowest BCUT2D eigenvalue weighted by atomic mass is 10.0. The molecule has 5 nitrogen and oxygen atoms in total. The van der Waals surface area contributed by atoms with Crippen molar-refractivity contribution in [3.63, 3.8) is 0 Å². The van der Waals surface area contributed by atoms with Crippen LogP contribution >= 0.6 is 0 Å². The summed E-state index contributed by atoms with van der Waals surface area (Å²) in [6, 6.07) is 8.07. The van der Waals surface area contributed by atoms with Gasteiger partial charge in [0.15, 0.2) is 0 Å². The van der Waals surface area contributed by atoms with Crippen LogP contribution in [0.25, 0.3) is 0 Å². The molecule has 0 bridgehead atoms. The number of hydrogen-bond acceptors (Lipinski definition) is 3. The normalized spacial score (nSPS) is 26.2. The molecule has 0 spiro atoms. The van der Waals surface area contributed by atoms with Crippen LogP contribution in [0.4, 0.5) is 0 Å². The topological polar surface area (TPSA) is 49.9 Å². The number of likely N-dealkylation sites (tertiary alicyclic amines) is 1. The van der Waals surface area contributed by atoms with Gasteiger partial charge in [-0.05, 0) is 18.9 Å². The molecule has 3 rings (SSSR count). The highest BCUT2D eigenvalue weighted by molar-refractivity contribution is 5.84. The van der Waals surface area contributed by atoms with E-state index in [9.17, 15) is 9.59 Å². The second kappa shape index (κ2) is 6.32. The lowest BCUT2D eigenvalue weighted by molar-refractivity contribution is -0.135. The number of rotatable bonds is 3. The molecule has 2 amide bonds. The SMILES string of the molecule is Cc1ccc(CC(=O)N2C[C@H](C(=O)N(C)C)[C@H]3OCC[C@H]32)cc1. The van der Waals surface area contributed by atoms with Gasteiger partial charge >= 0.3 is 0 Å². The van der Waals surface area contributed by atoms with E-state index in [0.29, 0.717) is 19.6 Å². The number of hydrogen-bond donors (Lipinski definition) is 0. The van der Waals surface area contributed by atoms with Crippen LogP contribution in [0.2, 0.25) is 0 Å². The van der Waals surface area contributed by atoms with Crippen LogP contribution in [0.5, 0.6) is 0 Å². The molecule has 1 aromatic rings. The lowest BCUT2D eigenvalue weighted by Gasteiger charge is -2.22. The van der Waals surface area contributed by atoms with Gasteiger partial charge in [-0.1, -0.05) is 29.8 Å². The third-order valence-electron chi connectivity index (χ3n) is 4.85. The predicted octanol–water partition coefficient (Wildman–Crippen LogP) is 1.24. The van der Waals surface area contributed by atoms with Gasteiger partial charge in [-0.25, -0.2) is 0 Å². The Hall–Kier alpha value is -1.88. The number of ether oxygens (including phenoxy) is 1. The molecule has 0 unspecified atom stereocenters. The Labute approximate surface area is 137 Å². The van der Waals surface area contributed by atoms with Gasteiger partial charge in [0.05, 0.1) is 24.5 Å². The van der Waals surface area contributed by atoms with Crippen LogP contribution in [0.3, 0.4) is 0 Å². The number of benzene rings is 1. The third kappa shape index (κ3) is 3.11. The van der Waals surface area contributed by atoms with Crippen molar-refractivity contribution in [2.45, 2.75) is 31.9 Å². The molecule has 0 radical (unpaired) electrons. The zero-order valence-electron chi connectivity index (χ0n) is 14.0. The first-order valence-electron chi connectivity index (χ1n) is 8.15. The van der Waals surface area contributed by atoms with Crippen LogP contribution in [0.1, 0.15) is 17.5 Å². The van der Waals surface area contributed by atoms with E-state index in [-0.39, 0.29) is 29.9 Å². The standard InChI is InChI=1S/C18H24N2O3/c1-12-4-6-13(7-5-12)10-16(21)20-11-14(18(22)19(2)3)17-15(20)8-9-23-17/h4-7,14-15,17H,8-11H2,1-3H3/t14-,15+,17+/m0/s1. The maximum absolute atomic E-state index is 12.7. The minimum absolute atomic E-state index is 0.0434. The first-order chi connectivity index (χ1) is 11.0. The first kappa shape index (κ1) is 16.0. The van der Waals surface area contributed by atoms with Crippen molar-refractivity contribution >= 4 is 11.8 Å². The van der Waals surface area contributed by atoms with E-state index in [0.717, 1.165) is 12.0 Å². The number of fused-ring (bicyclic) bond motifs is 1. The Morgan fingerprint density at radius 1 is 1.26 bits per heavy atom. The zero-order chi connectivity index (χ0) is 16.6. The van der Waals surface area contributed by atoms with E-state index < -0.39 is 0 Å². The molecular weight excluding hydrogens is 292 g/mol. The van der Waals surface area contributed by atoms with Gasteiger partial charge < -0.3 is 14.5 Å². The predicted molar refractivity (Wildman–Crippen MR) is 86.9 cm³/mol.